The summed E-state index contributed by atoms with van der Waals surface area (Å²) in [6, 6.07) is 13.9. The van der Waals surface area contributed by atoms with E-state index < -0.39 is 0 Å². The third kappa shape index (κ3) is 4.09. The topological polar surface area (TPSA) is 93.2 Å². The zero-order chi connectivity index (χ0) is 21.9. The maximum atomic E-state index is 12.9. The van der Waals surface area contributed by atoms with Gasteiger partial charge in [0.1, 0.15) is 18.1 Å². The lowest BCUT2D eigenvalue weighted by molar-refractivity contribution is -0.132. The van der Waals surface area contributed by atoms with Crippen LogP contribution in [0.25, 0.3) is 23.0 Å². The highest BCUT2D eigenvalue weighted by atomic mass is 16.5. The lowest BCUT2D eigenvalue weighted by Gasteiger charge is -2.36. The van der Waals surface area contributed by atoms with Crippen LogP contribution in [0, 0.1) is 6.92 Å². The summed E-state index contributed by atoms with van der Waals surface area (Å²) in [5.74, 6) is 1.60. The number of nitrogens with zero attached hydrogens (tertiary/aromatic N) is 7. The van der Waals surface area contributed by atoms with Crippen molar-refractivity contribution >= 4 is 11.6 Å². The summed E-state index contributed by atoms with van der Waals surface area (Å²) in [6.07, 6.45) is 5.14. The molecule has 0 spiro atoms. The number of aromatic nitrogens is 5. The molecule has 1 fully saturated rings. The van der Waals surface area contributed by atoms with Gasteiger partial charge in [0, 0.05) is 56.0 Å². The van der Waals surface area contributed by atoms with Gasteiger partial charge in [-0.3, -0.25) is 9.78 Å². The van der Waals surface area contributed by atoms with E-state index in [0.717, 1.165) is 24.5 Å². The van der Waals surface area contributed by atoms with Crippen LogP contribution in [0.4, 0.5) is 5.69 Å². The number of piperazine rings is 1. The third-order valence-electron chi connectivity index (χ3n) is 5.62. The molecule has 0 radical (unpaired) electrons. The first kappa shape index (κ1) is 19.9. The fourth-order valence-electron chi connectivity index (χ4n) is 3.81. The zero-order valence-electron chi connectivity index (χ0n) is 17.8. The Morgan fingerprint density at radius 2 is 1.75 bits per heavy atom. The summed E-state index contributed by atoms with van der Waals surface area (Å²) in [5, 5.41) is 4.04. The quantitative estimate of drug-likeness (QED) is 0.481. The lowest BCUT2D eigenvalue weighted by atomic mass is 10.2. The second-order valence-corrected chi connectivity index (χ2v) is 7.66. The number of carbonyl (C=O) groups excluding carboxylic acids is 1. The summed E-state index contributed by atoms with van der Waals surface area (Å²) in [5.41, 5.74) is 2.56. The highest BCUT2D eigenvalue weighted by molar-refractivity contribution is 5.76. The number of hydrogen-bond donors (Lipinski definition) is 0. The Morgan fingerprint density at radius 1 is 1.00 bits per heavy atom. The van der Waals surface area contributed by atoms with Gasteiger partial charge in [0.2, 0.25) is 11.7 Å². The molecule has 1 aromatic carbocycles. The largest absolute Gasteiger partial charge is 0.368 e. The van der Waals surface area contributed by atoms with E-state index in [1.165, 1.54) is 5.69 Å². The molecule has 3 aromatic heterocycles. The molecule has 0 saturated carbocycles. The summed E-state index contributed by atoms with van der Waals surface area (Å²) in [4.78, 5) is 30.1. The Kier molecular flexibility index (Phi) is 5.37. The van der Waals surface area contributed by atoms with Gasteiger partial charge in [-0.2, -0.15) is 4.98 Å². The first-order valence-electron chi connectivity index (χ1n) is 10.5. The number of benzene rings is 1. The van der Waals surface area contributed by atoms with E-state index in [1.807, 2.05) is 34.6 Å². The Labute approximate surface area is 185 Å². The molecule has 0 unspecified atom stereocenters. The number of anilines is 1. The van der Waals surface area contributed by atoms with E-state index in [9.17, 15) is 4.79 Å². The van der Waals surface area contributed by atoms with Crippen LogP contribution in [0.2, 0.25) is 0 Å². The van der Waals surface area contributed by atoms with Gasteiger partial charge in [0.25, 0.3) is 5.89 Å². The van der Waals surface area contributed by atoms with Gasteiger partial charge >= 0.3 is 0 Å². The lowest BCUT2D eigenvalue weighted by Crippen LogP contribution is -2.49. The molecule has 1 amide bonds. The highest BCUT2D eigenvalue weighted by Crippen LogP contribution is 2.21. The second kappa shape index (κ2) is 8.62. The summed E-state index contributed by atoms with van der Waals surface area (Å²) in [7, 11) is 0. The molecule has 0 N–H and O–H groups in total. The van der Waals surface area contributed by atoms with Crippen molar-refractivity contribution in [2.24, 2.45) is 0 Å². The predicted octanol–water partition coefficient (Wildman–Crippen LogP) is 2.65. The number of aryl methyl sites for hydroxylation is 1. The van der Waals surface area contributed by atoms with Crippen molar-refractivity contribution in [1.29, 1.82) is 0 Å². The van der Waals surface area contributed by atoms with Gasteiger partial charge in [0.15, 0.2) is 0 Å². The molecule has 4 heterocycles. The van der Waals surface area contributed by atoms with Crippen LogP contribution in [0.15, 0.2) is 65.6 Å². The van der Waals surface area contributed by atoms with Crippen molar-refractivity contribution in [3.8, 4) is 23.0 Å². The van der Waals surface area contributed by atoms with Crippen LogP contribution >= 0.6 is 0 Å². The minimum atomic E-state index is 0.0790. The number of amides is 1. The molecule has 1 saturated heterocycles. The van der Waals surface area contributed by atoms with Crippen LogP contribution in [0.1, 0.15) is 5.82 Å². The van der Waals surface area contributed by atoms with Crippen LogP contribution in [-0.2, 0) is 11.3 Å². The van der Waals surface area contributed by atoms with E-state index in [0.29, 0.717) is 30.5 Å². The molecule has 162 valence electrons. The molecule has 4 aromatic rings. The highest BCUT2D eigenvalue weighted by Gasteiger charge is 2.22. The molecule has 1 aliphatic heterocycles. The minimum absolute atomic E-state index is 0.0790. The van der Waals surface area contributed by atoms with E-state index >= 15 is 0 Å². The Morgan fingerprint density at radius 3 is 2.50 bits per heavy atom. The Balaban J connectivity index is 1.23. The summed E-state index contributed by atoms with van der Waals surface area (Å²) < 4.78 is 7.20. The van der Waals surface area contributed by atoms with Crippen molar-refractivity contribution in [2.45, 2.75) is 13.5 Å². The van der Waals surface area contributed by atoms with Crippen molar-refractivity contribution < 1.29 is 9.32 Å². The molecule has 0 aliphatic carbocycles. The van der Waals surface area contributed by atoms with Gasteiger partial charge in [-0.15, -0.1) is 0 Å². The van der Waals surface area contributed by atoms with Crippen molar-refractivity contribution in [2.75, 3.05) is 31.1 Å². The van der Waals surface area contributed by atoms with E-state index in [2.05, 4.69) is 37.1 Å². The molecule has 9 nitrogen and oxygen atoms in total. The molecule has 32 heavy (non-hydrogen) atoms. The summed E-state index contributed by atoms with van der Waals surface area (Å²) in [6.45, 7) is 5.16. The van der Waals surface area contributed by atoms with E-state index in [4.69, 9.17) is 4.52 Å². The Hall–Kier alpha value is -4.01. The molecular weight excluding hydrogens is 406 g/mol. The molecule has 0 atom stereocenters. The van der Waals surface area contributed by atoms with Gasteiger partial charge < -0.3 is 18.9 Å². The van der Waals surface area contributed by atoms with Crippen LogP contribution in [0.5, 0.6) is 0 Å². The Bertz CT molecular complexity index is 1200. The first-order valence-corrected chi connectivity index (χ1v) is 10.5. The number of pyridine rings is 1. The van der Waals surface area contributed by atoms with E-state index in [-0.39, 0.29) is 12.5 Å². The fourth-order valence-corrected chi connectivity index (χ4v) is 3.81. The monoisotopic (exact) mass is 429 g/mol. The van der Waals surface area contributed by atoms with Gasteiger partial charge in [-0.25, -0.2) is 4.98 Å². The summed E-state index contributed by atoms with van der Waals surface area (Å²) >= 11 is 0. The smallest absolute Gasteiger partial charge is 0.258 e. The average molecular weight is 429 g/mol. The first-order chi connectivity index (χ1) is 15.7. The molecular formula is C23H23N7O2. The number of imidazole rings is 1. The van der Waals surface area contributed by atoms with Crippen LogP contribution in [-0.4, -0.2) is 61.7 Å². The van der Waals surface area contributed by atoms with Crippen molar-refractivity contribution in [3.05, 3.63) is 66.9 Å². The van der Waals surface area contributed by atoms with Gasteiger partial charge in [-0.1, -0.05) is 23.4 Å². The van der Waals surface area contributed by atoms with Crippen LogP contribution < -0.4 is 4.90 Å². The number of rotatable bonds is 5. The molecule has 5 rings (SSSR count). The molecule has 1 aliphatic rings. The van der Waals surface area contributed by atoms with Gasteiger partial charge in [0.05, 0.1) is 0 Å². The fraction of sp³-hybridized carbons (Fsp3) is 0.261. The van der Waals surface area contributed by atoms with E-state index in [1.54, 1.807) is 30.7 Å². The number of hydrogen-bond acceptors (Lipinski definition) is 7. The normalized spacial score (nSPS) is 14.0. The van der Waals surface area contributed by atoms with Gasteiger partial charge in [-0.05, 0) is 31.2 Å². The third-order valence-corrected chi connectivity index (χ3v) is 5.62. The number of carbonyl (C=O) groups is 1. The SMILES string of the molecule is Cc1nc(-c2noc(-c3ccncc3)n2)cn1CC(=O)N1CCN(c2ccccc2)CC1. The molecule has 0 bridgehead atoms. The second-order valence-electron chi connectivity index (χ2n) is 7.66. The predicted molar refractivity (Wildman–Crippen MR) is 119 cm³/mol. The van der Waals surface area contributed by atoms with Crippen molar-refractivity contribution in [1.82, 2.24) is 29.6 Å². The minimum Gasteiger partial charge on any atom is -0.368 e. The number of para-hydroxylation sites is 1. The van der Waals surface area contributed by atoms with Crippen LogP contribution in [0.3, 0.4) is 0 Å². The maximum Gasteiger partial charge on any atom is 0.258 e. The standard InChI is InChI=1S/C23H23N7O2/c1-17-25-20(22-26-23(32-27-22)18-7-9-24-10-8-18)15-30(17)16-21(31)29-13-11-28(12-14-29)19-5-3-2-4-6-19/h2-10,15H,11-14,16H2,1H3. The zero-order valence-corrected chi connectivity index (χ0v) is 17.8. The average Bonchev–Trinajstić information content (AvgIpc) is 3.48. The van der Waals surface area contributed by atoms with Crippen molar-refractivity contribution in [3.63, 3.8) is 0 Å². The molecule has 9 heteroatoms. The maximum absolute atomic E-state index is 12.9.